The van der Waals surface area contributed by atoms with Crippen LogP contribution in [0.1, 0.15) is 61.6 Å². The van der Waals surface area contributed by atoms with E-state index in [1.807, 2.05) is 0 Å². The van der Waals surface area contributed by atoms with E-state index in [1.165, 1.54) is 76.3 Å². The summed E-state index contributed by atoms with van der Waals surface area (Å²) in [7, 11) is 0. The van der Waals surface area contributed by atoms with E-state index in [1.54, 1.807) is 26.0 Å². The van der Waals surface area contributed by atoms with Gasteiger partial charge in [-0.05, 0) is 61.4 Å². The molecule has 0 spiro atoms. The SMILES string of the molecule is CC(=O)Oc1ccc(/C=C/C(=O)OCc2nc(C)c(COC(=O)/C=C/c3ccc(OC(C)=O)c(OC(C)=O)c3)nc2C)cc1OC(C)=O. The molecule has 1 aromatic heterocycles. The van der Waals surface area contributed by atoms with Crippen LogP contribution in [0.2, 0.25) is 0 Å². The van der Waals surface area contributed by atoms with Gasteiger partial charge in [-0.2, -0.15) is 0 Å². The summed E-state index contributed by atoms with van der Waals surface area (Å²) in [4.78, 5) is 79.0. The maximum absolute atomic E-state index is 12.4. The van der Waals surface area contributed by atoms with E-state index in [0.717, 1.165) is 0 Å². The van der Waals surface area contributed by atoms with E-state index in [4.69, 9.17) is 28.4 Å². The van der Waals surface area contributed by atoms with Crippen molar-refractivity contribution in [3.05, 3.63) is 82.5 Å². The van der Waals surface area contributed by atoms with Crippen LogP contribution in [0.25, 0.3) is 12.2 Å². The molecule has 14 heteroatoms. The van der Waals surface area contributed by atoms with Gasteiger partial charge < -0.3 is 28.4 Å². The van der Waals surface area contributed by atoms with Gasteiger partial charge in [-0.15, -0.1) is 0 Å². The molecule has 0 aliphatic carbocycles. The summed E-state index contributed by atoms with van der Waals surface area (Å²) in [6, 6.07) is 8.82. The third-order valence-electron chi connectivity index (χ3n) is 5.92. The number of benzene rings is 2. The van der Waals surface area contributed by atoms with Crippen molar-refractivity contribution in [3.8, 4) is 23.0 Å². The maximum Gasteiger partial charge on any atom is 0.331 e. The molecule has 0 atom stereocenters. The van der Waals surface area contributed by atoms with Crippen molar-refractivity contribution in [1.82, 2.24) is 9.97 Å². The van der Waals surface area contributed by atoms with Crippen LogP contribution < -0.4 is 18.9 Å². The summed E-state index contributed by atoms with van der Waals surface area (Å²) in [5, 5.41) is 0. The number of carbonyl (C=O) groups excluding carboxylic acids is 6. The number of esters is 6. The van der Waals surface area contributed by atoms with Gasteiger partial charge in [0.2, 0.25) is 0 Å². The number of aryl methyl sites for hydroxylation is 2. The number of nitrogens with zero attached hydrogens (tertiary/aromatic N) is 2. The van der Waals surface area contributed by atoms with Gasteiger partial charge in [0.1, 0.15) is 13.2 Å². The largest absolute Gasteiger partial charge is 0.456 e. The zero-order valence-electron chi connectivity index (χ0n) is 27.0. The third kappa shape index (κ3) is 11.6. The second kappa shape index (κ2) is 16.9. The number of hydrogen-bond acceptors (Lipinski definition) is 14. The van der Waals surface area contributed by atoms with Crippen molar-refractivity contribution in [2.45, 2.75) is 54.8 Å². The van der Waals surface area contributed by atoms with Crippen molar-refractivity contribution in [1.29, 1.82) is 0 Å². The lowest BCUT2D eigenvalue weighted by Gasteiger charge is -2.11. The molecule has 0 radical (unpaired) electrons. The van der Waals surface area contributed by atoms with Gasteiger partial charge in [0.25, 0.3) is 0 Å². The highest BCUT2D eigenvalue weighted by molar-refractivity contribution is 5.88. The molecule has 2 aromatic carbocycles. The number of carbonyl (C=O) groups is 6. The molecule has 3 aromatic rings. The van der Waals surface area contributed by atoms with Crippen molar-refractivity contribution >= 4 is 48.0 Å². The standard InChI is InChI=1S/C34H32N2O12/c1-19-27(17-43-33(41)13-9-25-7-11-29(45-21(3)37)31(15-25)47-23(5)39)36-20(2)28(35-19)18-44-34(42)14-10-26-8-12-30(46-22(4)38)32(16-26)48-24(6)40/h7-16H,17-18H2,1-6H3/b13-9+,14-10+. The van der Waals surface area contributed by atoms with E-state index in [9.17, 15) is 28.8 Å². The molecule has 14 nitrogen and oxygen atoms in total. The van der Waals surface area contributed by atoms with Crippen molar-refractivity contribution in [3.63, 3.8) is 0 Å². The zero-order valence-corrected chi connectivity index (χ0v) is 27.0. The first-order chi connectivity index (χ1) is 22.7. The van der Waals surface area contributed by atoms with Crippen LogP contribution in [0, 0.1) is 13.8 Å². The quantitative estimate of drug-likeness (QED) is 0.152. The Morgan fingerprint density at radius 1 is 0.542 bits per heavy atom. The Balaban J connectivity index is 1.58. The number of hydrogen-bond donors (Lipinski definition) is 0. The lowest BCUT2D eigenvalue weighted by atomic mass is 10.2. The Hall–Kier alpha value is -6.18. The van der Waals surface area contributed by atoms with Crippen LogP contribution in [-0.2, 0) is 51.5 Å². The molecule has 0 amide bonds. The Morgan fingerprint density at radius 2 is 0.875 bits per heavy atom. The molecule has 3 rings (SSSR count). The van der Waals surface area contributed by atoms with Crippen LogP contribution in [0.4, 0.5) is 0 Å². The highest BCUT2D eigenvalue weighted by Crippen LogP contribution is 2.30. The topological polar surface area (TPSA) is 184 Å². The summed E-state index contributed by atoms with van der Waals surface area (Å²) in [6.45, 7) is 7.79. The van der Waals surface area contributed by atoms with E-state index in [0.29, 0.717) is 33.9 Å². The van der Waals surface area contributed by atoms with E-state index in [2.05, 4.69) is 9.97 Å². The summed E-state index contributed by atoms with van der Waals surface area (Å²) < 4.78 is 30.8. The van der Waals surface area contributed by atoms with E-state index in [-0.39, 0.29) is 36.2 Å². The summed E-state index contributed by atoms with van der Waals surface area (Å²) in [5.41, 5.74) is 2.65. The number of rotatable bonds is 12. The highest BCUT2D eigenvalue weighted by Gasteiger charge is 2.14. The first-order valence-electron chi connectivity index (χ1n) is 14.2. The Morgan fingerprint density at radius 3 is 1.21 bits per heavy atom. The first-order valence-corrected chi connectivity index (χ1v) is 14.2. The van der Waals surface area contributed by atoms with Gasteiger partial charge in [0, 0.05) is 39.8 Å². The Labute approximate surface area is 275 Å². The lowest BCUT2D eigenvalue weighted by molar-refractivity contribution is -0.140. The Kier molecular flexibility index (Phi) is 12.8. The molecule has 0 saturated carbocycles. The predicted octanol–water partition coefficient (Wildman–Crippen LogP) is 4.31. The molecule has 0 aliphatic rings. The summed E-state index contributed by atoms with van der Waals surface area (Å²) >= 11 is 0. The minimum Gasteiger partial charge on any atom is -0.456 e. The first kappa shape index (κ1) is 36.3. The van der Waals surface area contributed by atoms with Crippen molar-refractivity contribution < 1.29 is 57.2 Å². The summed E-state index contributed by atoms with van der Waals surface area (Å²) in [6.07, 6.45) is 5.19. The zero-order chi connectivity index (χ0) is 35.4. The molecule has 48 heavy (non-hydrogen) atoms. The minimum absolute atomic E-state index is 0.0125. The summed E-state index contributed by atoms with van der Waals surface area (Å²) in [5.74, 6) is -3.65. The number of aromatic nitrogens is 2. The predicted molar refractivity (Wildman–Crippen MR) is 167 cm³/mol. The molecule has 0 N–H and O–H groups in total. The maximum atomic E-state index is 12.4. The lowest BCUT2D eigenvalue weighted by Crippen LogP contribution is -2.11. The monoisotopic (exact) mass is 660 g/mol. The molecular weight excluding hydrogens is 628 g/mol. The fraction of sp³-hybridized carbons (Fsp3) is 0.235. The van der Waals surface area contributed by atoms with Gasteiger partial charge in [-0.25, -0.2) is 9.59 Å². The molecule has 1 heterocycles. The molecule has 0 bridgehead atoms. The van der Waals surface area contributed by atoms with Gasteiger partial charge in [-0.1, -0.05) is 12.1 Å². The number of ether oxygens (including phenoxy) is 6. The van der Waals surface area contributed by atoms with Crippen LogP contribution in [0.3, 0.4) is 0 Å². The second-order valence-electron chi connectivity index (χ2n) is 9.96. The smallest absolute Gasteiger partial charge is 0.331 e. The average Bonchev–Trinajstić information content (AvgIpc) is 2.99. The molecule has 0 aliphatic heterocycles. The minimum atomic E-state index is -0.683. The fourth-order valence-electron chi connectivity index (χ4n) is 3.88. The fourth-order valence-corrected chi connectivity index (χ4v) is 3.88. The van der Waals surface area contributed by atoms with Crippen molar-refractivity contribution in [2.75, 3.05) is 0 Å². The van der Waals surface area contributed by atoms with Crippen molar-refractivity contribution in [2.24, 2.45) is 0 Å². The van der Waals surface area contributed by atoms with Crippen LogP contribution in [0.15, 0.2) is 48.6 Å². The third-order valence-corrected chi connectivity index (χ3v) is 5.92. The Bertz CT molecular complexity index is 1680. The normalized spacial score (nSPS) is 10.8. The molecule has 0 unspecified atom stereocenters. The van der Waals surface area contributed by atoms with Gasteiger partial charge in [-0.3, -0.25) is 29.1 Å². The van der Waals surface area contributed by atoms with E-state index < -0.39 is 35.8 Å². The molecule has 250 valence electrons. The highest BCUT2D eigenvalue weighted by atomic mass is 16.6. The van der Waals surface area contributed by atoms with Crippen LogP contribution in [-0.4, -0.2) is 45.8 Å². The van der Waals surface area contributed by atoms with Gasteiger partial charge >= 0.3 is 35.8 Å². The average molecular weight is 661 g/mol. The second-order valence-corrected chi connectivity index (χ2v) is 9.96. The van der Waals surface area contributed by atoms with Gasteiger partial charge in [0.05, 0.1) is 22.8 Å². The van der Waals surface area contributed by atoms with E-state index >= 15 is 0 Å². The van der Waals surface area contributed by atoms with Crippen LogP contribution in [0.5, 0.6) is 23.0 Å². The molecule has 0 saturated heterocycles. The van der Waals surface area contributed by atoms with Gasteiger partial charge in [0.15, 0.2) is 23.0 Å². The molecule has 0 fully saturated rings. The van der Waals surface area contributed by atoms with Crippen LogP contribution >= 0.6 is 0 Å². The molecular formula is C34H32N2O12.